The van der Waals surface area contributed by atoms with Crippen molar-refractivity contribution in [1.29, 1.82) is 0 Å². The highest BCUT2D eigenvalue weighted by Crippen LogP contribution is 2.29. The van der Waals surface area contributed by atoms with Gasteiger partial charge in [-0.2, -0.15) is 5.10 Å². The van der Waals surface area contributed by atoms with Crippen LogP contribution in [0.5, 0.6) is 0 Å². The highest BCUT2D eigenvalue weighted by Gasteiger charge is 2.22. The Morgan fingerprint density at radius 3 is 2.67 bits per heavy atom. The van der Waals surface area contributed by atoms with E-state index in [4.69, 9.17) is 9.72 Å². The largest absolute Gasteiger partial charge is 0.465 e. The monoisotopic (exact) mass is 404 g/mol. The number of hydrogen-bond acceptors (Lipinski definition) is 6. The molecule has 5 rings (SSSR count). The lowest BCUT2D eigenvalue weighted by atomic mass is 10.1. The van der Waals surface area contributed by atoms with Gasteiger partial charge in [0.2, 0.25) is 0 Å². The first kappa shape index (κ1) is 18.6. The van der Waals surface area contributed by atoms with Gasteiger partial charge in [0.25, 0.3) is 0 Å². The second-order valence-electron chi connectivity index (χ2n) is 7.98. The van der Waals surface area contributed by atoms with Crippen molar-refractivity contribution in [2.75, 3.05) is 25.1 Å². The van der Waals surface area contributed by atoms with Gasteiger partial charge in [0.05, 0.1) is 29.2 Å². The number of ether oxygens (including phenoxy) is 1. The predicted molar refractivity (Wildman–Crippen MR) is 117 cm³/mol. The third-order valence-corrected chi connectivity index (χ3v) is 5.60. The van der Waals surface area contributed by atoms with Gasteiger partial charge in [-0.25, -0.2) is 9.78 Å². The standard InChI is InChI=1S/C22H24N6O2/c1-12-10-28(11-13(2)23-12)15-5-7-18-19(9-15)25-21(24-18)20-16-8-14(22(29)30-3)4-6-17(16)26-27-20/h4-9,12-13,23H,10-11H2,1-3H3,(H,24,25)(H,26,27)/t12-,13+. The number of carbonyl (C=O) groups excluding carboxylic acids is 1. The number of aromatic amines is 2. The maximum absolute atomic E-state index is 11.9. The summed E-state index contributed by atoms with van der Waals surface area (Å²) in [6.07, 6.45) is 0. The molecule has 2 aromatic carbocycles. The average Bonchev–Trinajstić information content (AvgIpc) is 3.34. The second kappa shape index (κ2) is 7.14. The van der Waals surface area contributed by atoms with E-state index in [1.165, 1.54) is 12.8 Å². The highest BCUT2D eigenvalue weighted by atomic mass is 16.5. The van der Waals surface area contributed by atoms with Gasteiger partial charge >= 0.3 is 5.97 Å². The smallest absolute Gasteiger partial charge is 0.337 e. The van der Waals surface area contributed by atoms with E-state index >= 15 is 0 Å². The fourth-order valence-electron chi connectivity index (χ4n) is 4.28. The summed E-state index contributed by atoms with van der Waals surface area (Å²) < 4.78 is 4.84. The van der Waals surface area contributed by atoms with Gasteiger partial charge in [-0.1, -0.05) is 0 Å². The number of piperazine rings is 1. The number of fused-ring (bicyclic) bond motifs is 2. The molecule has 3 heterocycles. The Balaban J connectivity index is 1.53. The molecule has 1 aliphatic heterocycles. The Hall–Kier alpha value is -3.39. The summed E-state index contributed by atoms with van der Waals surface area (Å²) in [6.45, 7) is 6.36. The van der Waals surface area contributed by atoms with Crippen molar-refractivity contribution >= 4 is 33.6 Å². The third-order valence-electron chi connectivity index (χ3n) is 5.60. The van der Waals surface area contributed by atoms with Crippen LogP contribution in [0.3, 0.4) is 0 Å². The maximum Gasteiger partial charge on any atom is 0.337 e. The third kappa shape index (κ3) is 3.19. The molecule has 8 nitrogen and oxygen atoms in total. The summed E-state index contributed by atoms with van der Waals surface area (Å²) in [4.78, 5) is 22.5. The molecule has 0 aliphatic carbocycles. The van der Waals surface area contributed by atoms with Crippen LogP contribution in [0.2, 0.25) is 0 Å². The summed E-state index contributed by atoms with van der Waals surface area (Å²) in [6, 6.07) is 12.5. The molecule has 0 saturated carbocycles. The molecule has 2 atom stereocenters. The minimum atomic E-state index is -0.377. The van der Waals surface area contributed by atoms with Crippen LogP contribution >= 0.6 is 0 Å². The number of benzene rings is 2. The quantitative estimate of drug-likeness (QED) is 0.454. The lowest BCUT2D eigenvalue weighted by Crippen LogP contribution is -2.54. The molecule has 0 bridgehead atoms. The predicted octanol–water partition coefficient (Wildman–Crippen LogP) is 3.08. The van der Waals surface area contributed by atoms with Crippen LogP contribution < -0.4 is 10.2 Å². The molecular formula is C22H24N6O2. The fourth-order valence-corrected chi connectivity index (χ4v) is 4.28. The number of imidazole rings is 1. The zero-order valence-electron chi connectivity index (χ0n) is 17.2. The number of anilines is 1. The number of esters is 1. The average molecular weight is 404 g/mol. The van der Waals surface area contributed by atoms with Crippen LogP contribution in [0.15, 0.2) is 36.4 Å². The normalized spacial score (nSPS) is 19.5. The number of nitrogens with zero attached hydrogens (tertiary/aromatic N) is 3. The Morgan fingerprint density at radius 2 is 1.90 bits per heavy atom. The molecule has 0 unspecified atom stereocenters. The molecule has 1 saturated heterocycles. The van der Waals surface area contributed by atoms with Crippen molar-refractivity contribution < 1.29 is 9.53 Å². The maximum atomic E-state index is 11.9. The summed E-state index contributed by atoms with van der Waals surface area (Å²) in [7, 11) is 1.37. The number of rotatable bonds is 3. The van der Waals surface area contributed by atoms with Gasteiger partial charge in [0.1, 0.15) is 5.69 Å². The van der Waals surface area contributed by atoms with Crippen LogP contribution in [0.25, 0.3) is 33.5 Å². The molecule has 8 heteroatoms. The van der Waals surface area contributed by atoms with E-state index in [9.17, 15) is 4.79 Å². The Kier molecular flexibility index (Phi) is 4.43. The lowest BCUT2D eigenvalue weighted by Gasteiger charge is -2.37. The fraction of sp³-hybridized carbons (Fsp3) is 0.318. The van der Waals surface area contributed by atoms with Gasteiger partial charge in [0, 0.05) is 36.2 Å². The van der Waals surface area contributed by atoms with E-state index in [2.05, 4.69) is 51.4 Å². The van der Waals surface area contributed by atoms with Gasteiger partial charge in [0.15, 0.2) is 5.82 Å². The van der Waals surface area contributed by atoms with Crippen LogP contribution in [-0.4, -0.2) is 58.4 Å². The van der Waals surface area contributed by atoms with Crippen molar-refractivity contribution in [2.45, 2.75) is 25.9 Å². The number of H-pyrrole nitrogens is 2. The van der Waals surface area contributed by atoms with Crippen molar-refractivity contribution in [1.82, 2.24) is 25.5 Å². The first-order chi connectivity index (χ1) is 14.5. The SMILES string of the molecule is COC(=O)c1ccc2[nH]nc(-c3nc4ccc(N5C[C@@H](C)N[C@@H](C)C5)cc4[nH]3)c2c1. The van der Waals surface area contributed by atoms with Crippen LogP contribution in [0, 0.1) is 0 Å². The molecule has 154 valence electrons. The number of nitrogens with one attached hydrogen (secondary N) is 3. The Morgan fingerprint density at radius 1 is 1.10 bits per heavy atom. The van der Waals surface area contributed by atoms with Crippen LogP contribution in [0.1, 0.15) is 24.2 Å². The number of carbonyl (C=O) groups is 1. The van der Waals surface area contributed by atoms with Crippen LogP contribution in [-0.2, 0) is 4.74 Å². The first-order valence-corrected chi connectivity index (χ1v) is 10.1. The van der Waals surface area contributed by atoms with Crippen molar-refractivity contribution in [3.05, 3.63) is 42.0 Å². The molecule has 0 amide bonds. The molecule has 2 aromatic heterocycles. The molecule has 0 spiro atoms. The zero-order chi connectivity index (χ0) is 20.8. The first-order valence-electron chi connectivity index (χ1n) is 10.1. The Bertz CT molecular complexity index is 1230. The highest BCUT2D eigenvalue weighted by molar-refractivity contribution is 5.99. The number of methoxy groups -OCH3 is 1. The van der Waals surface area contributed by atoms with E-state index in [-0.39, 0.29) is 5.97 Å². The van der Waals surface area contributed by atoms with Crippen molar-refractivity contribution in [2.24, 2.45) is 0 Å². The molecule has 30 heavy (non-hydrogen) atoms. The van der Waals surface area contributed by atoms with Crippen molar-refractivity contribution in [3.8, 4) is 11.5 Å². The molecular weight excluding hydrogens is 380 g/mol. The molecule has 3 N–H and O–H groups in total. The molecule has 1 fully saturated rings. The summed E-state index contributed by atoms with van der Waals surface area (Å²) in [5.41, 5.74) is 5.01. The van der Waals surface area contributed by atoms with E-state index in [1.54, 1.807) is 12.1 Å². The van der Waals surface area contributed by atoms with Gasteiger partial charge in [-0.3, -0.25) is 5.10 Å². The molecule has 4 aromatic rings. The Labute approximate surface area is 173 Å². The molecule has 1 aliphatic rings. The van der Waals surface area contributed by atoms with E-state index in [1.807, 2.05) is 12.1 Å². The van der Waals surface area contributed by atoms with E-state index < -0.39 is 0 Å². The molecule has 0 radical (unpaired) electrons. The van der Waals surface area contributed by atoms with Crippen molar-refractivity contribution in [3.63, 3.8) is 0 Å². The summed E-state index contributed by atoms with van der Waals surface area (Å²) in [5, 5.41) is 11.8. The summed E-state index contributed by atoms with van der Waals surface area (Å²) in [5.74, 6) is 0.287. The minimum Gasteiger partial charge on any atom is -0.465 e. The van der Waals surface area contributed by atoms with E-state index in [0.29, 0.717) is 29.2 Å². The zero-order valence-corrected chi connectivity index (χ0v) is 17.2. The van der Waals surface area contributed by atoms with Crippen LogP contribution in [0.4, 0.5) is 5.69 Å². The number of hydrogen-bond donors (Lipinski definition) is 3. The van der Waals surface area contributed by atoms with Gasteiger partial charge in [-0.05, 0) is 50.2 Å². The van der Waals surface area contributed by atoms with E-state index in [0.717, 1.165) is 35.0 Å². The van der Waals surface area contributed by atoms with Gasteiger partial charge in [-0.15, -0.1) is 0 Å². The number of aromatic nitrogens is 4. The minimum absolute atomic E-state index is 0.377. The second-order valence-corrected chi connectivity index (χ2v) is 7.98. The van der Waals surface area contributed by atoms with Gasteiger partial charge < -0.3 is 19.9 Å². The summed E-state index contributed by atoms with van der Waals surface area (Å²) >= 11 is 0. The lowest BCUT2D eigenvalue weighted by molar-refractivity contribution is 0.0601. The topological polar surface area (TPSA) is 98.9 Å².